The van der Waals surface area contributed by atoms with E-state index in [1.54, 1.807) is 19.2 Å². The van der Waals surface area contributed by atoms with Gasteiger partial charge in [-0.3, -0.25) is 4.79 Å². The fourth-order valence-corrected chi connectivity index (χ4v) is 1.16. The summed E-state index contributed by atoms with van der Waals surface area (Å²) in [5.74, 6) is -0.0881. The van der Waals surface area contributed by atoms with Crippen molar-refractivity contribution < 1.29 is 4.79 Å². The smallest absolute Gasteiger partial charge is 0.253 e. The SMILES string of the molecule is C=CCNC(=O)c1ccccc1NC. The molecule has 0 fully saturated rings. The number of amides is 1. The van der Waals surface area contributed by atoms with Crippen molar-refractivity contribution in [1.29, 1.82) is 0 Å². The first-order chi connectivity index (χ1) is 6.79. The molecule has 0 aliphatic carbocycles. The van der Waals surface area contributed by atoms with Crippen LogP contribution in [-0.2, 0) is 0 Å². The third-order valence-corrected chi connectivity index (χ3v) is 1.85. The van der Waals surface area contributed by atoms with Crippen LogP contribution >= 0.6 is 0 Å². The van der Waals surface area contributed by atoms with E-state index in [0.717, 1.165) is 5.69 Å². The standard InChI is InChI=1S/C11H14N2O/c1-3-8-13-11(14)9-6-4-5-7-10(9)12-2/h3-7,12H,1,8H2,2H3,(H,13,14). The molecule has 74 valence electrons. The maximum absolute atomic E-state index is 11.6. The summed E-state index contributed by atoms with van der Waals surface area (Å²) < 4.78 is 0. The van der Waals surface area contributed by atoms with Gasteiger partial charge in [-0.1, -0.05) is 18.2 Å². The summed E-state index contributed by atoms with van der Waals surface area (Å²) in [6.07, 6.45) is 1.65. The summed E-state index contributed by atoms with van der Waals surface area (Å²) >= 11 is 0. The number of hydrogen-bond acceptors (Lipinski definition) is 2. The van der Waals surface area contributed by atoms with Crippen molar-refractivity contribution in [3.8, 4) is 0 Å². The molecule has 0 aliphatic rings. The van der Waals surface area contributed by atoms with Gasteiger partial charge in [-0.25, -0.2) is 0 Å². The topological polar surface area (TPSA) is 41.1 Å². The summed E-state index contributed by atoms with van der Waals surface area (Å²) in [5.41, 5.74) is 1.48. The molecule has 0 aromatic heterocycles. The molecule has 1 aromatic rings. The molecule has 0 radical (unpaired) electrons. The molecule has 3 heteroatoms. The van der Waals surface area contributed by atoms with Crippen LogP contribution in [0.4, 0.5) is 5.69 Å². The summed E-state index contributed by atoms with van der Waals surface area (Å²) in [5, 5.41) is 5.69. The molecule has 0 unspecified atom stereocenters. The van der Waals surface area contributed by atoms with Crippen molar-refractivity contribution in [3.63, 3.8) is 0 Å². The summed E-state index contributed by atoms with van der Waals surface area (Å²) in [6, 6.07) is 7.37. The Morgan fingerprint density at radius 1 is 1.50 bits per heavy atom. The third kappa shape index (κ3) is 2.36. The van der Waals surface area contributed by atoms with Gasteiger partial charge in [0.2, 0.25) is 0 Å². The Morgan fingerprint density at radius 2 is 2.21 bits per heavy atom. The molecule has 0 saturated carbocycles. The molecule has 2 N–H and O–H groups in total. The van der Waals surface area contributed by atoms with E-state index >= 15 is 0 Å². The minimum absolute atomic E-state index is 0.0881. The number of anilines is 1. The van der Waals surface area contributed by atoms with Crippen LogP contribution in [0.25, 0.3) is 0 Å². The molecular formula is C11H14N2O. The van der Waals surface area contributed by atoms with Crippen LogP contribution in [0.1, 0.15) is 10.4 Å². The van der Waals surface area contributed by atoms with Gasteiger partial charge in [0, 0.05) is 19.3 Å². The van der Waals surface area contributed by atoms with E-state index in [0.29, 0.717) is 12.1 Å². The number of para-hydroxylation sites is 1. The van der Waals surface area contributed by atoms with E-state index in [1.807, 2.05) is 18.2 Å². The summed E-state index contributed by atoms with van der Waals surface area (Å²) in [7, 11) is 1.79. The largest absolute Gasteiger partial charge is 0.387 e. The second kappa shape index (κ2) is 5.07. The number of carbonyl (C=O) groups excluding carboxylic acids is 1. The maximum atomic E-state index is 11.6. The Morgan fingerprint density at radius 3 is 2.86 bits per heavy atom. The third-order valence-electron chi connectivity index (χ3n) is 1.85. The van der Waals surface area contributed by atoms with Crippen LogP contribution in [0.3, 0.4) is 0 Å². The molecule has 0 bridgehead atoms. The van der Waals surface area contributed by atoms with Crippen LogP contribution in [0, 0.1) is 0 Å². The second-order valence-corrected chi connectivity index (χ2v) is 2.79. The van der Waals surface area contributed by atoms with Crippen molar-refractivity contribution in [2.45, 2.75) is 0 Å². The van der Waals surface area contributed by atoms with Crippen LogP contribution in [0.2, 0.25) is 0 Å². The lowest BCUT2D eigenvalue weighted by Gasteiger charge is -2.07. The van der Waals surface area contributed by atoms with E-state index < -0.39 is 0 Å². The van der Waals surface area contributed by atoms with Gasteiger partial charge in [0.25, 0.3) is 5.91 Å². The van der Waals surface area contributed by atoms with Gasteiger partial charge in [0.15, 0.2) is 0 Å². The number of rotatable bonds is 4. The Bertz CT molecular complexity index is 334. The van der Waals surface area contributed by atoms with E-state index in [2.05, 4.69) is 17.2 Å². The molecule has 0 heterocycles. The Kier molecular flexibility index (Phi) is 3.73. The lowest BCUT2D eigenvalue weighted by Crippen LogP contribution is -2.23. The average Bonchev–Trinajstić information content (AvgIpc) is 2.25. The van der Waals surface area contributed by atoms with Crippen molar-refractivity contribution >= 4 is 11.6 Å². The molecule has 0 spiro atoms. The highest BCUT2D eigenvalue weighted by molar-refractivity contribution is 5.99. The van der Waals surface area contributed by atoms with Gasteiger partial charge in [-0.15, -0.1) is 6.58 Å². The monoisotopic (exact) mass is 190 g/mol. The zero-order chi connectivity index (χ0) is 10.4. The van der Waals surface area contributed by atoms with E-state index in [-0.39, 0.29) is 5.91 Å². The highest BCUT2D eigenvalue weighted by Crippen LogP contribution is 2.13. The van der Waals surface area contributed by atoms with E-state index in [1.165, 1.54) is 0 Å². The summed E-state index contributed by atoms with van der Waals surface area (Å²) in [4.78, 5) is 11.6. The van der Waals surface area contributed by atoms with Crippen LogP contribution in [-0.4, -0.2) is 19.5 Å². The Balaban J connectivity index is 2.82. The molecule has 0 aliphatic heterocycles. The first-order valence-electron chi connectivity index (χ1n) is 4.45. The van der Waals surface area contributed by atoms with Crippen molar-refractivity contribution in [3.05, 3.63) is 42.5 Å². The van der Waals surface area contributed by atoms with Gasteiger partial charge in [-0.05, 0) is 12.1 Å². The molecule has 0 saturated heterocycles. The normalized spacial score (nSPS) is 9.21. The van der Waals surface area contributed by atoms with Gasteiger partial charge in [0.05, 0.1) is 5.56 Å². The minimum atomic E-state index is -0.0881. The van der Waals surface area contributed by atoms with E-state index in [9.17, 15) is 4.79 Å². The minimum Gasteiger partial charge on any atom is -0.387 e. The Hall–Kier alpha value is -1.77. The molecular weight excluding hydrogens is 176 g/mol. The first-order valence-corrected chi connectivity index (χ1v) is 4.45. The highest BCUT2D eigenvalue weighted by Gasteiger charge is 2.07. The molecule has 1 aromatic carbocycles. The lowest BCUT2D eigenvalue weighted by atomic mass is 10.1. The van der Waals surface area contributed by atoms with Gasteiger partial charge < -0.3 is 10.6 Å². The van der Waals surface area contributed by atoms with Gasteiger partial charge >= 0.3 is 0 Å². The molecule has 3 nitrogen and oxygen atoms in total. The van der Waals surface area contributed by atoms with Gasteiger partial charge in [-0.2, -0.15) is 0 Å². The number of benzene rings is 1. The predicted octanol–water partition coefficient (Wildman–Crippen LogP) is 1.64. The second-order valence-electron chi connectivity index (χ2n) is 2.79. The molecule has 1 amide bonds. The number of carbonyl (C=O) groups is 1. The summed E-state index contributed by atoms with van der Waals surface area (Å²) in [6.45, 7) is 4.02. The highest BCUT2D eigenvalue weighted by atomic mass is 16.1. The zero-order valence-electron chi connectivity index (χ0n) is 8.21. The quantitative estimate of drug-likeness (QED) is 0.709. The first kappa shape index (κ1) is 10.3. The van der Waals surface area contributed by atoms with Crippen LogP contribution in [0.5, 0.6) is 0 Å². The fourth-order valence-electron chi connectivity index (χ4n) is 1.16. The zero-order valence-corrected chi connectivity index (χ0v) is 8.21. The van der Waals surface area contributed by atoms with Gasteiger partial charge in [0.1, 0.15) is 0 Å². The molecule has 1 rings (SSSR count). The lowest BCUT2D eigenvalue weighted by molar-refractivity contribution is 0.0959. The van der Waals surface area contributed by atoms with Crippen LogP contribution in [0.15, 0.2) is 36.9 Å². The Labute approximate surface area is 83.8 Å². The number of nitrogens with one attached hydrogen (secondary N) is 2. The predicted molar refractivity (Wildman–Crippen MR) is 58.5 cm³/mol. The molecule has 14 heavy (non-hydrogen) atoms. The molecule has 0 atom stereocenters. The fraction of sp³-hybridized carbons (Fsp3) is 0.182. The van der Waals surface area contributed by atoms with Crippen molar-refractivity contribution in [2.24, 2.45) is 0 Å². The van der Waals surface area contributed by atoms with E-state index in [4.69, 9.17) is 0 Å². The van der Waals surface area contributed by atoms with Crippen molar-refractivity contribution in [2.75, 3.05) is 18.9 Å². The van der Waals surface area contributed by atoms with Crippen LogP contribution < -0.4 is 10.6 Å². The number of hydrogen-bond donors (Lipinski definition) is 2. The average molecular weight is 190 g/mol. The van der Waals surface area contributed by atoms with Crippen molar-refractivity contribution in [1.82, 2.24) is 5.32 Å². The maximum Gasteiger partial charge on any atom is 0.253 e.